The standard InChI is InChI=1S/C19H27N.C14H17N.C11H13N.2C2H6.CH4.Y/c1-10-11(2)13(4)17-16(12(10)3)14(5)15(6)20-18(17)19(7,8)9;1-10-9-12(14(2,3)4)11-7-5-6-8-13(11)15-10;1-5-10-8-9(6-7-12-10)11(2,3)4;2*1-2;;/h1-9H3;5-9H,1-4H3;1,5-7H,2-4H3;2*1-2H3;1H4;/q;;-2;;;;. The van der Waals surface area contributed by atoms with Crippen LogP contribution in [0.4, 0.5) is 0 Å². The fraction of sp³-hybridized carbons (Fsp3) is 0.490. The minimum Gasteiger partial charge on any atom is -0.390 e. The summed E-state index contributed by atoms with van der Waals surface area (Å²) < 4.78 is 0. The molecule has 0 atom stereocenters. The van der Waals surface area contributed by atoms with Crippen molar-refractivity contribution in [3.63, 3.8) is 0 Å². The molecule has 3 heterocycles. The molecular weight excluding hydrogens is 719 g/mol. The van der Waals surface area contributed by atoms with Crippen molar-refractivity contribution in [2.45, 2.75) is 162 Å². The molecule has 0 unspecified atom stereocenters. The Kier molecular flexibility index (Phi) is 21.7. The smallest absolute Gasteiger partial charge is 0.0708 e. The van der Waals surface area contributed by atoms with Gasteiger partial charge in [0.05, 0.1) is 11.2 Å². The molecule has 3 nitrogen and oxygen atoms in total. The molecule has 0 bridgehead atoms. The maximum absolute atomic E-state index is 5.34. The van der Waals surface area contributed by atoms with Crippen LogP contribution < -0.4 is 0 Å². The fourth-order valence-electron chi connectivity index (χ4n) is 5.96. The van der Waals surface area contributed by atoms with Gasteiger partial charge in [0, 0.05) is 60.3 Å². The van der Waals surface area contributed by atoms with E-state index in [1.165, 1.54) is 61.3 Å². The van der Waals surface area contributed by atoms with E-state index < -0.39 is 0 Å². The average molecular weight is 793 g/mol. The number of pyridine rings is 3. The maximum Gasteiger partial charge on any atom is 0.0708 e. The fourth-order valence-corrected chi connectivity index (χ4v) is 5.96. The Morgan fingerprint density at radius 3 is 1.60 bits per heavy atom. The van der Waals surface area contributed by atoms with E-state index in [-0.39, 0.29) is 56.4 Å². The first kappa shape index (κ1) is 52.4. The van der Waals surface area contributed by atoms with Crippen molar-refractivity contribution in [3.8, 4) is 0 Å². The molecule has 0 saturated heterocycles. The number of fused-ring (bicyclic) bond motifs is 2. The molecule has 0 saturated carbocycles. The molecular formula is C49H73N3Y-2. The van der Waals surface area contributed by atoms with E-state index in [0.717, 1.165) is 22.5 Å². The van der Waals surface area contributed by atoms with Crippen LogP contribution in [0.25, 0.3) is 27.8 Å². The van der Waals surface area contributed by atoms with Gasteiger partial charge in [-0.1, -0.05) is 122 Å². The first-order valence-electron chi connectivity index (χ1n) is 18.8. The Bertz CT molecular complexity index is 1910. The number of para-hydroxylation sites is 1. The van der Waals surface area contributed by atoms with Crippen LogP contribution in [-0.2, 0) is 49.0 Å². The third kappa shape index (κ3) is 13.5. The van der Waals surface area contributed by atoms with Gasteiger partial charge in [-0.15, -0.1) is 6.07 Å². The zero-order chi connectivity index (χ0) is 39.6. The summed E-state index contributed by atoms with van der Waals surface area (Å²) in [7, 11) is 0. The van der Waals surface area contributed by atoms with Gasteiger partial charge in [-0.3, -0.25) is 16.0 Å². The number of benzene rings is 2. The number of hydrogen-bond acceptors (Lipinski definition) is 3. The second-order valence-electron chi connectivity index (χ2n) is 16.0. The monoisotopic (exact) mass is 792 g/mol. The van der Waals surface area contributed by atoms with E-state index in [2.05, 4.69) is 151 Å². The number of hydrogen-bond donors (Lipinski definition) is 0. The Balaban J connectivity index is 0. The third-order valence-corrected chi connectivity index (χ3v) is 9.17. The van der Waals surface area contributed by atoms with E-state index in [4.69, 9.17) is 11.6 Å². The molecule has 5 aromatic rings. The van der Waals surface area contributed by atoms with Crippen LogP contribution in [0, 0.1) is 61.1 Å². The molecule has 2 aromatic carbocycles. The van der Waals surface area contributed by atoms with Gasteiger partial charge in [0.15, 0.2) is 0 Å². The second-order valence-corrected chi connectivity index (χ2v) is 16.0. The minimum atomic E-state index is 0. The van der Waals surface area contributed by atoms with Crippen LogP contribution in [0.5, 0.6) is 0 Å². The van der Waals surface area contributed by atoms with Crippen LogP contribution in [-0.4, -0.2) is 15.0 Å². The SMILES string of the molecule is C.CC.CC.Cc1cc(C(C)(C)C)c2ccccc2n1.Cc1nc(C(C)(C)C)c2c(C)c(C)c(C)c(C)c2c1C.[CH-]=Cc1[c-]c(C(C)(C)C)ccn1.[Y]. The van der Waals surface area contributed by atoms with Crippen molar-refractivity contribution in [1.82, 2.24) is 15.0 Å². The zero-order valence-corrected chi connectivity index (χ0v) is 39.5. The molecule has 0 aliphatic carbocycles. The molecule has 0 spiro atoms. The Morgan fingerprint density at radius 2 is 1.13 bits per heavy atom. The number of aromatic nitrogens is 3. The normalized spacial score (nSPS) is 10.8. The van der Waals surface area contributed by atoms with Crippen molar-refractivity contribution >= 4 is 27.8 Å². The quantitative estimate of drug-likeness (QED) is 0.159. The Labute approximate surface area is 352 Å². The molecule has 0 amide bonds. The summed E-state index contributed by atoms with van der Waals surface area (Å²) in [5.74, 6) is 0. The topological polar surface area (TPSA) is 38.7 Å². The first-order chi connectivity index (χ1) is 23.6. The van der Waals surface area contributed by atoms with E-state index in [1.807, 2.05) is 39.8 Å². The van der Waals surface area contributed by atoms with Crippen LogP contribution in [0.3, 0.4) is 0 Å². The first-order valence-corrected chi connectivity index (χ1v) is 18.8. The molecule has 53 heavy (non-hydrogen) atoms. The second kappa shape index (κ2) is 22.0. The molecule has 0 aliphatic rings. The van der Waals surface area contributed by atoms with Crippen molar-refractivity contribution < 1.29 is 32.7 Å². The summed E-state index contributed by atoms with van der Waals surface area (Å²) in [6, 6.07) is 15.7. The van der Waals surface area contributed by atoms with Gasteiger partial charge in [-0.25, -0.2) is 5.69 Å². The minimum absolute atomic E-state index is 0. The van der Waals surface area contributed by atoms with Gasteiger partial charge in [0.1, 0.15) is 0 Å². The van der Waals surface area contributed by atoms with Gasteiger partial charge in [-0.05, 0) is 110 Å². The van der Waals surface area contributed by atoms with E-state index >= 15 is 0 Å². The van der Waals surface area contributed by atoms with Crippen molar-refractivity contribution in [1.29, 1.82) is 0 Å². The Morgan fingerprint density at radius 1 is 0.623 bits per heavy atom. The van der Waals surface area contributed by atoms with Gasteiger partial charge in [0.2, 0.25) is 0 Å². The summed E-state index contributed by atoms with van der Waals surface area (Å²) in [5, 5.41) is 4.07. The van der Waals surface area contributed by atoms with E-state index in [1.54, 1.807) is 6.20 Å². The van der Waals surface area contributed by atoms with Gasteiger partial charge < -0.3 is 17.6 Å². The molecule has 1 radical (unpaired) electrons. The molecule has 0 fully saturated rings. The zero-order valence-electron chi connectivity index (χ0n) is 36.6. The van der Waals surface area contributed by atoms with E-state index in [9.17, 15) is 0 Å². The molecule has 289 valence electrons. The van der Waals surface area contributed by atoms with Gasteiger partial charge >= 0.3 is 0 Å². The summed E-state index contributed by atoms with van der Waals surface area (Å²) >= 11 is 0. The number of aryl methyl sites for hydroxylation is 5. The molecule has 0 N–H and O–H groups in total. The van der Waals surface area contributed by atoms with Crippen molar-refractivity contribution in [3.05, 3.63) is 117 Å². The largest absolute Gasteiger partial charge is 0.390 e. The van der Waals surface area contributed by atoms with Gasteiger partial charge in [0.25, 0.3) is 0 Å². The molecule has 4 heteroatoms. The number of nitrogens with zero attached hydrogens (tertiary/aromatic N) is 3. The predicted molar refractivity (Wildman–Crippen MR) is 234 cm³/mol. The average Bonchev–Trinajstić information content (AvgIpc) is 3.08. The third-order valence-electron chi connectivity index (χ3n) is 9.17. The summed E-state index contributed by atoms with van der Waals surface area (Å²) in [5.41, 5.74) is 15.1. The van der Waals surface area contributed by atoms with E-state index in [0.29, 0.717) is 5.69 Å². The molecule has 3 aromatic heterocycles. The van der Waals surface area contributed by atoms with Crippen LogP contribution in [0.1, 0.15) is 159 Å². The summed E-state index contributed by atoms with van der Waals surface area (Å²) in [4.78, 5) is 13.5. The summed E-state index contributed by atoms with van der Waals surface area (Å²) in [6.45, 7) is 48.6. The van der Waals surface area contributed by atoms with Crippen molar-refractivity contribution in [2.24, 2.45) is 0 Å². The molecule has 0 aliphatic heterocycles. The number of rotatable bonds is 1. The van der Waals surface area contributed by atoms with Crippen LogP contribution in [0.15, 0.2) is 42.6 Å². The Hall–Kier alpha value is -2.75. The van der Waals surface area contributed by atoms with Crippen LogP contribution in [0.2, 0.25) is 0 Å². The van der Waals surface area contributed by atoms with Gasteiger partial charge in [-0.2, -0.15) is 5.56 Å². The maximum atomic E-state index is 5.34. The molecule has 5 rings (SSSR count). The van der Waals surface area contributed by atoms with Crippen LogP contribution >= 0.6 is 0 Å². The summed E-state index contributed by atoms with van der Waals surface area (Å²) in [6.07, 6.45) is 3.23. The van der Waals surface area contributed by atoms with Crippen molar-refractivity contribution in [2.75, 3.05) is 0 Å². The predicted octanol–water partition coefficient (Wildman–Crippen LogP) is 14.5.